The number of ketones is 1. The lowest BCUT2D eigenvalue weighted by Gasteiger charge is -2.22. The van der Waals surface area contributed by atoms with Gasteiger partial charge in [-0.25, -0.2) is 4.79 Å². The monoisotopic (exact) mass is 246 g/mol. The minimum absolute atomic E-state index is 0.147. The summed E-state index contributed by atoms with van der Waals surface area (Å²) in [6.07, 6.45) is -0.468. The second-order valence-corrected chi connectivity index (χ2v) is 4.72. The maximum atomic E-state index is 11.8. The number of carbonyl (C=O) groups is 2. The Bertz CT molecular complexity index is 515. The molecule has 1 amide bonds. The summed E-state index contributed by atoms with van der Waals surface area (Å²) in [5.41, 5.74) is 1.67. The van der Waals surface area contributed by atoms with E-state index in [9.17, 15) is 14.7 Å². The SMILES string of the molecule is O=C1CCN2Cc3ccccc3N(C(=O)O)CC12. The first-order chi connectivity index (χ1) is 8.66. The van der Waals surface area contributed by atoms with Gasteiger partial charge in [-0.2, -0.15) is 0 Å². The van der Waals surface area contributed by atoms with Gasteiger partial charge in [-0.1, -0.05) is 18.2 Å². The van der Waals surface area contributed by atoms with Crippen molar-refractivity contribution in [2.24, 2.45) is 0 Å². The number of rotatable bonds is 0. The summed E-state index contributed by atoms with van der Waals surface area (Å²) in [6, 6.07) is 7.17. The average molecular weight is 246 g/mol. The van der Waals surface area contributed by atoms with Crippen molar-refractivity contribution in [1.82, 2.24) is 4.90 Å². The van der Waals surface area contributed by atoms with Crippen molar-refractivity contribution in [3.8, 4) is 0 Å². The third-order valence-corrected chi connectivity index (χ3v) is 3.70. The number of amides is 1. The smallest absolute Gasteiger partial charge is 0.411 e. The highest BCUT2D eigenvalue weighted by atomic mass is 16.4. The van der Waals surface area contributed by atoms with Crippen molar-refractivity contribution in [2.45, 2.75) is 19.0 Å². The van der Waals surface area contributed by atoms with E-state index in [1.54, 1.807) is 6.07 Å². The number of Topliss-reactive ketones (excluding diaryl/α,β-unsaturated/α-hetero) is 1. The van der Waals surface area contributed by atoms with Crippen LogP contribution in [0.3, 0.4) is 0 Å². The lowest BCUT2D eigenvalue weighted by Crippen LogP contribution is -2.42. The molecule has 2 aliphatic heterocycles. The highest BCUT2D eigenvalue weighted by molar-refractivity contribution is 5.92. The molecule has 0 bridgehead atoms. The Balaban J connectivity index is 2.05. The minimum atomic E-state index is -0.996. The highest BCUT2D eigenvalue weighted by Crippen LogP contribution is 2.30. The first-order valence-electron chi connectivity index (χ1n) is 6.02. The molecule has 18 heavy (non-hydrogen) atoms. The van der Waals surface area contributed by atoms with Crippen LogP contribution < -0.4 is 4.90 Å². The maximum absolute atomic E-state index is 11.8. The molecule has 1 N–H and O–H groups in total. The van der Waals surface area contributed by atoms with E-state index in [1.165, 1.54) is 4.90 Å². The fourth-order valence-corrected chi connectivity index (χ4v) is 2.77. The number of hydrogen-bond donors (Lipinski definition) is 1. The van der Waals surface area contributed by atoms with Gasteiger partial charge < -0.3 is 5.11 Å². The normalized spacial score (nSPS) is 23.4. The summed E-state index contributed by atoms with van der Waals surface area (Å²) >= 11 is 0. The van der Waals surface area contributed by atoms with Crippen LogP contribution >= 0.6 is 0 Å². The number of benzene rings is 1. The van der Waals surface area contributed by atoms with Gasteiger partial charge in [0.15, 0.2) is 5.78 Å². The first-order valence-corrected chi connectivity index (χ1v) is 6.02. The van der Waals surface area contributed by atoms with Gasteiger partial charge in [0.05, 0.1) is 18.3 Å². The topological polar surface area (TPSA) is 60.9 Å². The molecule has 0 saturated carbocycles. The summed E-state index contributed by atoms with van der Waals surface area (Å²) in [5.74, 6) is 0.147. The maximum Gasteiger partial charge on any atom is 0.411 e. The summed E-state index contributed by atoms with van der Waals surface area (Å²) in [7, 11) is 0. The van der Waals surface area contributed by atoms with Crippen molar-refractivity contribution in [3.63, 3.8) is 0 Å². The molecule has 5 nitrogen and oxygen atoms in total. The van der Waals surface area contributed by atoms with Gasteiger partial charge in [-0.3, -0.25) is 14.6 Å². The second-order valence-electron chi connectivity index (χ2n) is 4.72. The Labute approximate surface area is 105 Å². The molecule has 0 radical (unpaired) electrons. The van der Waals surface area contributed by atoms with Gasteiger partial charge in [-0.05, 0) is 11.6 Å². The van der Waals surface area contributed by atoms with Crippen molar-refractivity contribution in [2.75, 3.05) is 18.0 Å². The molecule has 2 aliphatic rings. The van der Waals surface area contributed by atoms with E-state index < -0.39 is 6.09 Å². The zero-order valence-corrected chi connectivity index (χ0v) is 9.87. The van der Waals surface area contributed by atoms with Crippen molar-refractivity contribution >= 4 is 17.6 Å². The molecule has 1 unspecified atom stereocenters. The molecule has 3 rings (SSSR count). The number of nitrogens with zero attached hydrogens (tertiary/aromatic N) is 2. The molecular weight excluding hydrogens is 232 g/mol. The van der Waals surface area contributed by atoms with E-state index in [0.717, 1.165) is 12.1 Å². The quantitative estimate of drug-likeness (QED) is 0.750. The second kappa shape index (κ2) is 4.10. The predicted octanol–water partition coefficient (Wildman–Crippen LogP) is 1.33. The van der Waals surface area contributed by atoms with Crippen LogP contribution in [0.5, 0.6) is 0 Å². The largest absolute Gasteiger partial charge is 0.465 e. The number of hydrogen-bond acceptors (Lipinski definition) is 3. The third-order valence-electron chi connectivity index (χ3n) is 3.70. The van der Waals surface area contributed by atoms with Gasteiger partial charge in [0.2, 0.25) is 0 Å². The van der Waals surface area contributed by atoms with Crippen molar-refractivity contribution in [3.05, 3.63) is 29.8 Å². The number of carbonyl (C=O) groups excluding carboxylic acids is 1. The summed E-state index contributed by atoms with van der Waals surface area (Å²) in [6.45, 7) is 1.62. The molecule has 2 heterocycles. The van der Waals surface area contributed by atoms with Crippen molar-refractivity contribution < 1.29 is 14.7 Å². The van der Waals surface area contributed by atoms with E-state index >= 15 is 0 Å². The van der Waals surface area contributed by atoms with Crippen LogP contribution in [0.25, 0.3) is 0 Å². The van der Waals surface area contributed by atoms with Gasteiger partial charge >= 0.3 is 6.09 Å². The lowest BCUT2D eigenvalue weighted by atomic mass is 10.1. The van der Waals surface area contributed by atoms with Crippen molar-refractivity contribution in [1.29, 1.82) is 0 Å². The molecule has 94 valence electrons. The van der Waals surface area contributed by atoms with Gasteiger partial charge in [-0.15, -0.1) is 0 Å². The Kier molecular flexibility index (Phi) is 2.56. The lowest BCUT2D eigenvalue weighted by molar-refractivity contribution is -0.119. The molecule has 1 fully saturated rings. The predicted molar refractivity (Wildman–Crippen MR) is 65.6 cm³/mol. The number of fused-ring (bicyclic) bond motifs is 2. The molecule has 1 atom stereocenters. The van der Waals surface area contributed by atoms with E-state index in [1.807, 2.05) is 18.2 Å². The molecule has 0 spiro atoms. The van der Waals surface area contributed by atoms with Gasteiger partial charge in [0.25, 0.3) is 0 Å². The fraction of sp³-hybridized carbons (Fsp3) is 0.385. The van der Waals surface area contributed by atoms with Crippen LogP contribution in [0.1, 0.15) is 12.0 Å². The summed E-state index contributed by atoms with van der Waals surface area (Å²) in [4.78, 5) is 26.5. The number of carboxylic acid groups (broad SMARTS) is 1. The first kappa shape index (κ1) is 11.2. The van der Waals surface area contributed by atoms with Crippen LogP contribution in [0.15, 0.2) is 24.3 Å². The van der Waals surface area contributed by atoms with Crippen LogP contribution in [0, 0.1) is 0 Å². The number of anilines is 1. The summed E-state index contributed by atoms with van der Waals surface area (Å²) < 4.78 is 0. The highest BCUT2D eigenvalue weighted by Gasteiger charge is 2.38. The Morgan fingerprint density at radius 2 is 2.11 bits per heavy atom. The molecule has 1 aromatic carbocycles. The Morgan fingerprint density at radius 3 is 2.89 bits per heavy atom. The van der Waals surface area contributed by atoms with Crippen LogP contribution in [-0.4, -0.2) is 41.0 Å². The number of para-hydroxylation sites is 1. The van der Waals surface area contributed by atoms with Gasteiger partial charge in [0.1, 0.15) is 0 Å². The van der Waals surface area contributed by atoms with E-state index in [0.29, 0.717) is 18.7 Å². The van der Waals surface area contributed by atoms with E-state index in [2.05, 4.69) is 4.90 Å². The minimum Gasteiger partial charge on any atom is -0.465 e. The molecule has 5 heteroatoms. The molecule has 0 aliphatic carbocycles. The molecule has 1 saturated heterocycles. The molecular formula is C13H14N2O3. The molecule has 0 aromatic heterocycles. The van der Waals surface area contributed by atoms with E-state index in [-0.39, 0.29) is 18.4 Å². The Hall–Kier alpha value is -1.88. The molecule has 1 aromatic rings. The third kappa shape index (κ3) is 1.67. The average Bonchev–Trinajstić information content (AvgIpc) is 2.61. The van der Waals surface area contributed by atoms with Crippen LogP contribution in [0.2, 0.25) is 0 Å². The standard InChI is InChI=1S/C13H14N2O3/c16-12-5-6-14-7-9-3-1-2-4-10(9)15(13(17)18)8-11(12)14/h1-4,11H,5-8H2,(H,17,18). The summed E-state index contributed by atoms with van der Waals surface area (Å²) in [5, 5.41) is 9.31. The fourth-order valence-electron chi connectivity index (χ4n) is 2.77. The zero-order chi connectivity index (χ0) is 12.7. The Morgan fingerprint density at radius 1 is 1.33 bits per heavy atom. The van der Waals surface area contributed by atoms with Crippen LogP contribution in [0.4, 0.5) is 10.5 Å². The van der Waals surface area contributed by atoms with Gasteiger partial charge in [0, 0.05) is 19.5 Å². The van der Waals surface area contributed by atoms with E-state index in [4.69, 9.17) is 0 Å². The van der Waals surface area contributed by atoms with Crippen LogP contribution in [-0.2, 0) is 11.3 Å². The zero-order valence-electron chi connectivity index (χ0n) is 9.87.